The molecule has 39 heavy (non-hydrogen) atoms. The van der Waals surface area contributed by atoms with E-state index < -0.39 is 23.6 Å². The molecule has 13 heteroatoms. The predicted octanol–water partition coefficient (Wildman–Crippen LogP) is 5.37. The van der Waals surface area contributed by atoms with Gasteiger partial charge in [-0.05, 0) is 48.5 Å². The van der Waals surface area contributed by atoms with Crippen molar-refractivity contribution in [3.63, 3.8) is 0 Å². The molecule has 2 amide bonds. The highest BCUT2D eigenvalue weighted by atomic mass is 35.5. The first-order valence-corrected chi connectivity index (χ1v) is 12.8. The number of benzene rings is 3. The fraction of sp³-hybridized carbons (Fsp3) is 0.154. The van der Waals surface area contributed by atoms with Crippen LogP contribution in [-0.2, 0) is 22.3 Å². The highest BCUT2D eigenvalue weighted by Gasteiger charge is 2.33. The molecule has 0 fully saturated rings. The molecular weight excluding hydrogens is 555 g/mol. The van der Waals surface area contributed by atoms with Crippen molar-refractivity contribution in [1.82, 2.24) is 20.1 Å². The van der Waals surface area contributed by atoms with Gasteiger partial charge in [-0.2, -0.15) is 13.2 Å². The minimum absolute atomic E-state index is 0.0103. The molecule has 0 bridgehead atoms. The standard InChI is InChI=1S/C26H21ClF3N5O3S/c27-17-10-12-19(13-11-17)38-15-23(36)31-14-22-33-34-25(35(22)18-6-2-1-3-7-18)39-16-24(37)32-21-9-5-4-8-20(21)26(28,29)30/h1-13H,14-16H2,(H,31,36)(H,32,37). The van der Waals surface area contributed by atoms with Gasteiger partial charge in [0.15, 0.2) is 17.6 Å². The number of para-hydroxylation sites is 2. The Kier molecular flexibility index (Phi) is 9.10. The van der Waals surface area contributed by atoms with Crippen molar-refractivity contribution in [3.8, 4) is 11.4 Å². The molecule has 3 aromatic carbocycles. The van der Waals surface area contributed by atoms with Gasteiger partial charge in [0.25, 0.3) is 5.91 Å². The first kappa shape index (κ1) is 28.0. The lowest BCUT2D eigenvalue weighted by atomic mass is 10.1. The highest BCUT2D eigenvalue weighted by Crippen LogP contribution is 2.34. The van der Waals surface area contributed by atoms with Crippen molar-refractivity contribution in [1.29, 1.82) is 0 Å². The van der Waals surface area contributed by atoms with E-state index in [0.717, 1.165) is 17.8 Å². The van der Waals surface area contributed by atoms with Gasteiger partial charge < -0.3 is 15.4 Å². The van der Waals surface area contributed by atoms with Gasteiger partial charge in [-0.3, -0.25) is 14.2 Å². The zero-order chi connectivity index (χ0) is 27.8. The summed E-state index contributed by atoms with van der Waals surface area (Å²) in [5.41, 5.74) is -0.590. The molecule has 1 aromatic heterocycles. The number of nitrogens with one attached hydrogen (secondary N) is 2. The topological polar surface area (TPSA) is 98.1 Å². The maximum absolute atomic E-state index is 13.3. The summed E-state index contributed by atoms with van der Waals surface area (Å²) in [5.74, 6) is -0.403. The second-order valence-corrected chi connectivity index (χ2v) is 9.35. The number of anilines is 1. The van der Waals surface area contributed by atoms with Crippen LogP contribution >= 0.6 is 23.4 Å². The van der Waals surface area contributed by atoms with Gasteiger partial charge in [0.05, 0.1) is 23.5 Å². The Bertz CT molecular complexity index is 1430. The smallest absolute Gasteiger partial charge is 0.418 e. The molecule has 0 saturated heterocycles. The molecule has 0 aliphatic carbocycles. The van der Waals surface area contributed by atoms with E-state index in [4.69, 9.17) is 16.3 Å². The van der Waals surface area contributed by atoms with E-state index in [1.165, 1.54) is 18.2 Å². The summed E-state index contributed by atoms with van der Waals surface area (Å²) >= 11 is 6.84. The number of aromatic nitrogens is 3. The van der Waals surface area contributed by atoms with Crippen LogP contribution in [0.15, 0.2) is 84.0 Å². The Morgan fingerprint density at radius 1 is 0.923 bits per heavy atom. The molecule has 1 heterocycles. The van der Waals surface area contributed by atoms with Gasteiger partial charge in [0.1, 0.15) is 5.75 Å². The van der Waals surface area contributed by atoms with Crippen molar-refractivity contribution < 1.29 is 27.5 Å². The summed E-state index contributed by atoms with van der Waals surface area (Å²) in [7, 11) is 0. The van der Waals surface area contributed by atoms with Crippen LogP contribution in [0.2, 0.25) is 5.02 Å². The Balaban J connectivity index is 1.41. The van der Waals surface area contributed by atoms with Crippen LogP contribution in [0.5, 0.6) is 5.75 Å². The molecule has 0 radical (unpaired) electrons. The lowest BCUT2D eigenvalue weighted by molar-refractivity contribution is -0.137. The number of ether oxygens (including phenoxy) is 1. The molecule has 202 valence electrons. The van der Waals surface area contributed by atoms with E-state index >= 15 is 0 Å². The number of amides is 2. The van der Waals surface area contributed by atoms with E-state index in [1.807, 2.05) is 6.07 Å². The Morgan fingerprint density at radius 3 is 2.33 bits per heavy atom. The summed E-state index contributed by atoms with van der Waals surface area (Å²) in [6.45, 7) is -0.224. The number of hydrogen-bond donors (Lipinski definition) is 2. The molecular formula is C26H21ClF3N5O3S. The zero-order valence-electron chi connectivity index (χ0n) is 20.1. The van der Waals surface area contributed by atoms with Crippen LogP contribution in [0.3, 0.4) is 0 Å². The lowest BCUT2D eigenvalue weighted by Crippen LogP contribution is -2.29. The summed E-state index contributed by atoms with van der Waals surface area (Å²) in [5, 5.41) is 14.2. The number of carbonyl (C=O) groups is 2. The van der Waals surface area contributed by atoms with Crippen molar-refractivity contribution in [2.75, 3.05) is 17.7 Å². The third kappa shape index (κ3) is 7.74. The first-order valence-electron chi connectivity index (χ1n) is 11.4. The molecule has 4 rings (SSSR count). The molecule has 2 N–H and O–H groups in total. The number of halogens is 4. The Hall–Kier alpha value is -4.03. The maximum Gasteiger partial charge on any atom is 0.418 e. The second-order valence-electron chi connectivity index (χ2n) is 7.97. The molecule has 0 aliphatic heterocycles. The summed E-state index contributed by atoms with van der Waals surface area (Å²) in [4.78, 5) is 24.8. The van der Waals surface area contributed by atoms with Crippen molar-refractivity contribution in [2.24, 2.45) is 0 Å². The monoisotopic (exact) mass is 575 g/mol. The average molecular weight is 576 g/mol. The molecule has 0 atom stereocenters. The van der Waals surface area contributed by atoms with Crippen LogP contribution < -0.4 is 15.4 Å². The van der Waals surface area contributed by atoms with Gasteiger partial charge in [-0.25, -0.2) is 0 Å². The molecule has 8 nitrogen and oxygen atoms in total. The van der Waals surface area contributed by atoms with E-state index in [1.54, 1.807) is 53.1 Å². The van der Waals surface area contributed by atoms with E-state index in [0.29, 0.717) is 27.4 Å². The predicted molar refractivity (Wildman–Crippen MR) is 141 cm³/mol. The Morgan fingerprint density at radius 2 is 1.62 bits per heavy atom. The summed E-state index contributed by atoms with van der Waals surface area (Å²) in [6.07, 6.45) is -4.61. The van der Waals surface area contributed by atoms with Gasteiger partial charge in [-0.1, -0.05) is 53.7 Å². The van der Waals surface area contributed by atoms with E-state index in [-0.39, 0.29) is 24.6 Å². The van der Waals surface area contributed by atoms with E-state index in [2.05, 4.69) is 20.8 Å². The van der Waals surface area contributed by atoms with Gasteiger partial charge in [-0.15, -0.1) is 10.2 Å². The minimum Gasteiger partial charge on any atom is -0.484 e. The molecule has 0 unspecified atom stereocenters. The van der Waals surface area contributed by atoms with Crippen LogP contribution in [0.1, 0.15) is 11.4 Å². The first-order chi connectivity index (χ1) is 18.7. The van der Waals surface area contributed by atoms with Crippen LogP contribution in [-0.4, -0.2) is 38.9 Å². The SMILES string of the molecule is O=C(COc1ccc(Cl)cc1)NCc1nnc(SCC(=O)Nc2ccccc2C(F)(F)F)n1-c1ccccc1. The third-order valence-electron chi connectivity index (χ3n) is 5.18. The largest absolute Gasteiger partial charge is 0.484 e. The van der Waals surface area contributed by atoms with Crippen molar-refractivity contribution >= 4 is 40.9 Å². The average Bonchev–Trinajstić information content (AvgIpc) is 3.33. The zero-order valence-corrected chi connectivity index (χ0v) is 21.7. The van der Waals surface area contributed by atoms with Crippen molar-refractivity contribution in [3.05, 3.63) is 95.3 Å². The number of hydrogen-bond acceptors (Lipinski definition) is 6. The number of nitrogens with zero attached hydrogens (tertiary/aromatic N) is 3. The summed E-state index contributed by atoms with van der Waals surface area (Å²) in [6, 6.07) is 20.3. The maximum atomic E-state index is 13.3. The van der Waals surface area contributed by atoms with Gasteiger partial charge in [0.2, 0.25) is 5.91 Å². The molecule has 4 aromatic rings. The van der Waals surface area contributed by atoms with Crippen LogP contribution in [0, 0.1) is 0 Å². The molecule has 0 aliphatic rings. The number of rotatable bonds is 10. The normalized spacial score (nSPS) is 11.2. The van der Waals surface area contributed by atoms with Crippen LogP contribution in [0.4, 0.5) is 18.9 Å². The van der Waals surface area contributed by atoms with Gasteiger partial charge in [0, 0.05) is 10.7 Å². The number of alkyl halides is 3. The highest BCUT2D eigenvalue weighted by molar-refractivity contribution is 7.99. The fourth-order valence-electron chi connectivity index (χ4n) is 3.41. The molecule has 0 saturated carbocycles. The third-order valence-corrected chi connectivity index (χ3v) is 6.36. The Labute approximate surface area is 230 Å². The van der Waals surface area contributed by atoms with Gasteiger partial charge >= 0.3 is 6.18 Å². The number of carbonyl (C=O) groups excluding carboxylic acids is 2. The summed E-state index contributed by atoms with van der Waals surface area (Å²) < 4.78 is 46.8. The van der Waals surface area contributed by atoms with Crippen LogP contribution in [0.25, 0.3) is 5.69 Å². The lowest BCUT2D eigenvalue weighted by Gasteiger charge is -2.14. The fourth-order valence-corrected chi connectivity index (χ4v) is 4.31. The number of thioether (sulfide) groups is 1. The van der Waals surface area contributed by atoms with Crippen molar-refractivity contribution in [2.45, 2.75) is 17.9 Å². The quantitative estimate of drug-likeness (QED) is 0.247. The second kappa shape index (κ2) is 12.7. The molecule has 0 spiro atoms. The van der Waals surface area contributed by atoms with E-state index in [9.17, 15) is 22.8 Å². The minimum atomic E-state index is -4.61.